The van der Waals surface area contributed by atoms with E-state index in [9.17, 15) is 0 Å². The highest BCUT2D eigenvalue weighted by atomic mass is 15.1. The van der Waals surface area contributed by atoms with Crippen LogP contribution in [-0.4, -0.2) is 13.1 Å². The van der Waals surface area contributed by atoms with E-state index in [0.717, 1.165) is 6.42 Å². The molecule has 3 rings (SSSR count). The third-order valence-corrected chi connectivity index (χ3v) is 5.45. The van der Waals surface area contributed by atoms with Gasteiger partial charge in [-0.2, -0.15) is 0 Å². The zero-order chi connectivity index (χ0) is 17.6. The third kappa shape index (κ3) is 4.26. The van der Waals surface area contributed by atoms with Crippen molar-refractivity contribution in [3.8, 4) is 11.1 Å². The van der Waals surface area contributed by atoms with Crippen molar-refractivity contribution in [1.29, 1.82) is 0 Å². The second-order valence-electron chi connectivity index (χ2n) is 7.58. The third-order valence-electron chi connectivity index (χ3n) is 5.45. The van der Waals surface area contributed by atoms with Gasteiger partial charge in [0.1, 0.15) is 0 Å². The van der Waals surface area contributed by atoms with E-state index in [2.05, 4.69) is 62.1 Å². The summed E-state index contributed by atoms with van der Waals surface area (Å²) >= 11 is 0. The van der Waals surface area contributed by atoms with Gasteiger partial charge in [-0.3, -0.25) is 0 Å². The van der Waals surface area contributed by atoms with Gasteiger partial charge in [-0.05, 0) is 60.6 Å². The van der Waals surface area contributed by atoms with Crippen LogP contribution in [0.2, 0.25) is 0 Å². The summed E-state index contributed by atoms with van der Waals surface area (Å²) in [6.07, 6.45) is 8.97. The highest BCUT2D eigenvalue weighted by Gasteiger charge is 2.19. The van der Waals surface area contributed by atoms with Gasteiger partial charge in [0.05, 0.1) is 0 Å². The Balaban J connectivity index is 1.81. The van der Waals surface area contributed by atoms with E-state index in [-0.39, 0.29) is 0 Å². The van der Waals surface area contributed by atoms with Crippen LogP contribution in [-0.2, 0) is 6.42 Å². The average Bonchev–Trinajstić information content (AvgIpc) is 2.97. The van der Waals surface area contributed by atoms with Crippen molar-refractivity contribution >= 4 is 5.69 Å². The number of benzene rings is 2. The zero-order valence-electron chi connectivity index (χ0n) is 16.3. The number of aryl methyl sites for hydroxylation is 1. The molecule has 1 aliphatic carbocycles. The van der Waals surface area contributed by atoms with Crippen LogP contribution in [0.4, 0.5) is 5.69 Å². The fourth-order valence-electron chi connectivity index (χ4n) is 3.95. The number of nitrogens with zero attached hydrogens (tertiary/aromatic N) is 1. The van der Waals surface area contributed by atoms with Crippen molar-refractivity contribution in [3.05, 3.63) is 53.1 Å². The average molecular weight is 336 g/mol. The van der Waals surface area contributed by atoms with Gasteiger partial charge in [-0.15, -0.1) is 0 Å². The molecular formula is C24H33N. The minimum atomic E-state index is 1.10. The summed E-state index contributed by atoms with van der Waals surface area (Å²) in [7, 11) is 0. The lowest BCUT2D eigenvalue weighted by molar-refractivity contribution is 0.630. The fraction of sp³-hybridized carbons (Fsp3) is 0.500. The van der Waals surface area contributed by atoms with E-state index in [4.69, 9.17) is 0 Å². The number of fused-ring (bicyclic) bond motifs is 3. The second-order valence-corrected chi connectivity index (χ2v) is 7.58. The van der Waals surface area contributed by atoms with Gasteiger partial charge in [0.15, 0.2) is 0 Å². The van der Waals surface area contributed by atoms with E-state index in [1.807, 2.05) is 0 Å². The molecule has 0 heterocycles. The second kappa shape index (κ2) is 8.56. The van der Waals surface area contributed by atoms with Crippen LogP contribution in [0.1, 0.15) is 69.1 Å². The Morgan fingerprint density at radius 3 is 2.36 bits per heavy atom. The van der Waals surface area contributed by atoms with Gasteiger partial charge in [0.25, 0.3) is 0 Å². The molecule has 0 spiro atoms. The smallest absolute Gasteiger partial charge is 0.0372 e. The van der Waals surface area contributed by atoms with Crippen LogP contribution < -0.4 is 4.90 Å². The van der Waals surface area contributed by atoms with E-state index < -0.39 is 0 Å². The van der Waals surface area contributed by atoms with Crippen LogP contribution in [0.5, 0.6) is 0 Å². The van der Waals surface area contributed by atoms with Gasteiger partial charge in [-0.25, -0.2) is 0 Å². The molecule has 0 fully saturated rings. The maximum Gasteiger partial charge on any atom is 0.0372 e. The van der Waals surface area contributed by atoms with Crippen molar-refractivity contribution < 1.29 is 0 Å². The Kier molecular flexibility index (Phi) is 6.18. The van der Waals surface area contributed by atoms with Crippen molar-refractivity contribution in [2.45, 2.75) is 65.7 Å². The van der Waals surface area contributed by atoms with Crippen LogP contribution in [0, 0.1) is 6.92 Å². The number of unbranched alkanes of at least 4 members (excludes halogenated alkanes) is 4. The van der Waals surface area contributed by atoms with Crippen LogP contribution >= 0.6 is 0 Å². The molecule has 1 aliphatic rings. The molecule has 134 valence electrons. The molecule has 25 heavy (non-hydrogen) atoms. The monoisotopic (exact) mass is 335 g/mol. The molecule has 0 unspecified atom stereocenters. The maximum atomic E-state index is 2.62. The normalized spacial score (nSPS) is 12.1. The molecule has 0 atom stereocenters. The Labute approximate surface area is 154 Å². The van der Waals surface area contributed by atoms with Crippen LogP contribution in [0.3, 0.4) is 0 Å². The summed E-state index contributed by atoms with van der Waals surface area (Å²) in [6, 6.07) is 14.1. The Morgan fingerprint density at radius 1 is 0.760 bits per heavy atom. The summed E-state index contributed by atoms with van der Waals surface area (Å²) in [6.45, 7) is 9.14. The van der Waals surface area contributed by atoms with Gasteiger partial charge >= 0.3 is 0 Å². The SMILES string of the molecule is CCCCCCN(CCCC)c1ccc2c(c1)-c1ccc(C)cc1C2. The van der Waals surface area contributed by atoms with Gasteiger partial charge in [0, 0.05) is 18.8 Å². The molecule has 0 bridgehead atoms. The molecule has 1 nitrogen and oxygen atoms in total. The van der Waals surface area contributed by atoms with Crippen molar-refractivity contribution in [1.82, 2.24) is 0 Å². The number of hydrogen-bond donors (Lipinski definition) is 0. The van der Waals surface area contributed by atoms with Crippen molar-refractivity contribution in [3.63, 3.8) is 0 Å². The number of hydrogen-bond acceptors (Lipinski definition) is 1. The largest absolute Gasteiger partial charge is 0.372 e. The van der Waals surface area contributed by atoms with Crippen molar-refractivity contribution in [2.75, 3.05) is 18.0 Å². The highest BCUT2D eigenvalue weighted by molar-refractivity contribution is 5.80. The number of rotatable bonds is 9. The molecule has 0 amide bonds. The molecule has 0 saturated heterocycles. The summed E-state index contributed by atoms with van der Waals surface area (Å²) in [5.74, 6) is 0. The Bertz CT molecular complexity index is 701. The summed E-state index contributed by atoms with van der Waals surface area (Å²) in [5, 5.41) is 0. The Morgan fingerprint density at radius 2 is 1.56 bits per heavy atom. The first-order chi connectivity index (χ1) is 12.2. The highest BCUT2D eigenvalue weighted by Crippen LogP contribution is 2.39. The van der Waals surface area contributed by atoms with Crippen molar-refractivity contribution in [2.24, 2.45) is 0 Å². The molecular weight excluding hydrogens is 302 g/mol. The molecule has 0 aliphatic heterocycles. The van der Waals surface area contributed by atoms with E-state index >= 15 is 0 Å². The first-order valence-electron chi connectivity index (χ1n) is 10.2. The van der Waals surface area contributed by atoms with Crippen LogP contribution in [0.15, 0.2) is 36.4 Å². The molecule has 0 radical (unpaired) electrons. The zero-order valence-corrected chi connectivity index (χ0v) is 16.3. The van der Waals surface area contributed by atoms with E-state index in [0.29, 0.717) is 0 Å². The topological polar surface area (TPSA) is 3.24 Å². The standard InChI is InChI=1S/C24H33N/c1-4-6-8-9-15-25(14-7-5-2)22-12-11-20-17-21-16-19(3)10-13-23(21)24(20)18-22/h10-13,16,18H,4-9,14-15,17H2,1-3H3. The lowest BCUT2D eigenvalue weighted by atomic mass is 10.0. The Hall–Kier alpha value is -1.76. The van der Waals surface area contributed by atoms with Gasteiger partial charge < -0.3 is 4.90 Å². The first kappa shape index (κ1) is 18.0. The quantitative estimate of drug-likeness (QED) is 0.391. The molecule has 1 heteroatoms. The molecule has 2 aromatic rings. The predicted octanol–water partition coefficient (Wildman–Crippen LogP) is 6.75. The van der Waals surface area contributed by atoms with Gasteiger partial charge in [-0.1, -0.05) is 69.4 Å². The summed E-state index contributed by atoms with van der Waals surface area (Å²) < 4.78 is 0. The minimum Gasteiger partial charge on any atom is -0.372 e. The fourth-order valence-corrected chi connectivity index (χ4v) is 3.95. The van der Waals surface area contributed by atoms with E-state index in [1.165, 1.54) is 85.1 Å². The summed E-state index contributed by atoms with van der Waals surface area (Å²) in [5.41, 5.74) is 8.68. The molecule has 0 N–H and O–H groups in total. The first-order valence-corrected chi connectivity index (χ1v) is 10.2. The lowest BCUT2D eigenvalue weighted by Crippen LogP contribution is -2.25. The summed E-state index contributed by atoms with van der Waals surface area (Å²) in [4.78, 5) is 2.62. The van der Waals surface area contributed by atoms with Gasteiger partial charge in [0.2, 0.25) is 0 Å². The minimum absolute atomic E-state index is 1.10. The lowest BCUT2D eigenvalue weighted by Gasteiger charge is -2.25. The van der Waals surface area contributed by atoms with Crippen LogP contribution in [0.25, 0.3) is 11.1 Å². The number of anilines is 1. The molecule has 2 aromatic carbocycles. The predicted molar refractivity (Wildman–Crippen MR) is 111 cm³/mol. The van der Waals surface area contributed by atoms with E-state index in [1.54, 1.807) is 0 Å². The molecule has 0 aromatic heterocycles. The molecule has 0 saturated carbocycles. The maximum absolute atomic E-state index is 2.62.